The first-order valence-corrected chi connectivity index (χ1v) is 7.25. The van der Waals surface area contributed by atoms with Crippen LogP contribution in [0.25, 0.3) is 0 Å². The molecule has 2 rings (SSSR count). The van der Waals surface area contributed by atoms with Gasteiger partial charge in [-0.25, -0.2) is 0 Å². The molecule has 20 heavy (non-hydrogen) atoms. The van der Waals surface area contributed by atoms with Crippen molar-refractivity contribution in [3.8, 4) is 5.75 Å². The second-order valence-corrected chi connectivity index (χ2v) is 5.57. The Hall–Kier alpha value is -1.55. The van der Waals surface area contributed by atoms with Crippen LogP contribution >= 0.6 is 0 Å². The molecule has 1 atom stereocenters. The molecular formula is C16H24N2O2. The van der Waals surface area contributed by atoms with Gasteiger partial charge >= 0.3 is 0 Å². The van der Waals surface area contributed by atoms with Crippen molar-refractivity contribution in [3.05, 3.63) is 29.8 Å². The second-order valence-electron chi connectivity index (χ2n) is 5.57. The summed E-state index contributed by atoms with van der Waals surface area (Å²) in [5, 5.41) is 3.05. The molecule has 1 aromatic carbocycles. The summed E-state index contributed by atoms with van der Waals surface area (Å²) in [7, 11) is 3.79. The Bertz CT molecular complexity index is 431. The fourth-order valence-electron chi connectivity index (χ4n) is 2.59. The first-order chi connectivity index (χ1) is 9.67. The molecule has 1 aliphatic heterocycles. The fourth-order valence-corrected chi connectivity index (χ4v) is 2.59. The third kappa shape index (κ3) is 4.53. The molecule has 1 saturated heterocycles. The van der Waals surface area contributed by atoms with Crippen LogP contribution in [-0.2, 0) is 11.2 Å². The summed E-state index contributed by atoms with van der Waals surface area (Å²) >= 11 is 0. The Kier molecular flexibility index (Phi) is 5.41. The molecule has 1 heterocycles. The van der Waals surface area contributed by atoms with Crippen LogP contribution in [0, 0.1) is 5.92 Å². The van der Waals surface area contributed by atoms with Gasteiger partial charge in [-0.05, 0) is 50.0 Å². The van der Waals surface area contributed by atoms with Crippen molar-refractivity contribution >= 4 is 5.91 Å². The molecule has 0 radical (unpaired) electrons. The molecule has 1 aromatic rings. The number of nitrogens with zero attached hydrogens (tertiary/aromatic N) is 1. The minimum Gasteiger partial charge on any atom is -0.497 e. The summed E-state index contributed by atoms with van der Waals surface area (Å²) in [6.07, 6.45) is 2.52. The number of amides is 1. The van der Waals surface area contributed by atoms with Crippen molar-refractivity contribution < 1.29 is 9.53 Å². The molecule has 4 heteroatoms. The fraction of sp³-hybridized carbons (Fsp3) is 0.562. The van der Waals surface area contributed by atoms with E-state index in [0.717, 1.165) is 31.8 Å². The Morgan fingerprint density at radius 2 is 2.15 bits per heavy atom. The highest BCUT2D eigenvalue weighted by atomic mass is 16.5. The normalized spacial score (nSPS) is 19.0. The average molecular weight is 276 g/mol. The Labute approximate surface area is 121 Å². The number of rotatable bonds is 6. The number of nitrogens with one attached hydrogen (secondary N) is 1. The van der Waals surface area contributed by atoms with Crippen LogP contribution in [0.15, 0.2) is 24.3 Å². The number of methoxy groups -OCH3 is 1. The lowest BCUT2D eigenvalue weighted by Crippen LogP contribution is -2.30. The lowest BCUT2D eigenvalue weighted by atomic mass is 10.1. The van der Waals surface area contributed by atoms with Crippen molar-refractivity contribution in [2.45, 2.75) is 19.3 Å². The summed E-state index contributed by atoms with van der Waals surface area (Å²) in [6, 6.07) is 7.89. The predicted molar refractivity (Wildman–Crippen MR) is 79.9 cm³/mol. The lowest BCUT2D eigenvalue weighted by molar-refractivity contribution is -0.121. The van der Waals surface area contributed by atoms with E-state index in [1.165, 1.54) is 12.0 Å². The van der Waals surface area contributed by atoms with E-state index in [2.05, 4.69) is 17.3 Å². The summed E-state index contributed by atoms with van der Waals surface area (Å²) < 4.78 is 5.12. The predicted octanol–water partition coefficient (Wildman–Crippen LogP) is 1.70. The molecule has 0 aromatic heterocycles. The van der Waals surface area contributed by atoms with E-state index in [1.54, 1.807) is 7.11 Å². The van der Waals surface area contributed by atoms with E-state index in [1.807, 2.05) is 24.3 Å². The minimum absolute atomic E-state index is 0.148. The molecule has 1 amide bonds. The monoisotopic (exact) mass is 276 g/mol. The van der Waals surface area contributed by atoms with Crippen LogP contribution in [0.1, 0.15) is 18.4 Å². The number of carbonyl (C=O) groups excluding carboxylic acids is 1. The van der Waals surface area contributed by atoms with Gasteiger partial charge in [-0.15, -0.1) is 0 Å². The quantitative estimate of drug-likeness (QED) is 0.860. The van der Waals surface area contributed by atoms with Gasteiger partial charge in [0.05, 0.1) is 7.11 Å². The Morgan fingerprint density at radius 1 is 1.40 bits per heavy atom. The van der Waals surface area contributed by atoms with E-state index in [0.29, 0.717) is 12.3 Å². The van der Waals surface area contributed by atoms with Crippen molar-refractivity contribution in [3.63, 3.8) is 0 Å². The molecule has 1 unspecified atom stereocenters. The van der Waals surface area contributed by atoms with Crippen LogP contribution in [0.4, 0.5) is 0 Å². The second kappa shape index (κ2) is 7.29. The zero-order valence-electron chi connectivity index (χ0n) is 12.4. The van der Waals surface area contributed by atoms with Crippen LogP contribution in [0.3, 0.4) is 0 Å². The summed E-state index contributed by atoms with van der Waals surface area (Å²) in [6.45, 7) is 3.05. The van der Waals surface area contributed by atoms with Crippen LogP contribution < -0.4 is 10.1 Å². The molecule has 1 aliphatic rings. The van der Waals surface area contributed by atoms with Crippen molar-refractivity contribution in [1.29, 1.82) is 0 Å². The zero-order valence-corrected chi connectivity index (χ0v) is 12.4. The molecular weight excluding hydrogens is 252 g/mol. The number of hydrogen-bond acceptors (Lipinski definition) is 3. The van der Waals surface area contributed by atoms with Gasteiger partial charge in [-0.1, -0.05) is 12.1 Å². The van der Waals surface area contributed by atoms with Gasteiger partial charge in [-0.2, -0.15) is 0 Å². The maximum Gasteiger partial charge on any atom is 0.220 e. The molecule has 0 saturated carbocycles. The van der Waals surface area contributed by atoms with Gasteiger partial charge in [0.1, 0.15) is 5.75 Å². The molecule has 110 valence electrons. The minimum atomic E-state index is 0.148. The molecule has 0 spiro atoms. The lowest BCUT2D eigenvalue weighted by Gasteiger charge is -2.11. The number of hydrogen-bond donors (Lipinski definition) is 1. The first kappa shape index (κ1) is 14.9. The van der Waals surface area contributed by atoms with Gasteiger partial charge < -0.3 is 15.0 Å². The third-order valence-corrected chi connectivity index (χ3v) is 3.88. The topological polar surface area (TPSA) is 41.6 Å². The SMILES string of the molecule is COc1ccc(CCC(=O)NCC2CCN(C)C2)cc1. The maximum atomic E-state index is 11.8. The molecule has 1 fully saturated rings. The summed E-state index contributed by atoms with van der Waals surface area (Å²) in [4.78, 5) is 14.1. The highest BCUT2D eigenvalue weighted by molar-refractivity contribution is 5.76. The Balaban J connectivity index is 1.66. The molecule has 4 nitrogen and oxygen atoms in total. The van der Waals surface area contributed by atoms with Gasteiger partial charge in [0, 0.05) is 19.5 Å². The van der Waals surface area contributed by atoms with E-state index in [9.17, 15) is 4.79 Å². The van der Waals surface area contributed by atoms with E-state index in [4.69, 9.17) is 4.74 Å². The zero-order chi connectivity index (χ0) is 14.4. The number of ether oxygens (including phenoxy) is 1. The summed E-state index contributed by atoms with van der Waals surface area (Å²) in [5.74, 6) is 1.61. The van der Waals surface area contributed by atoms with Gasteiger partial charge in [0.25, 0.3) is 0 Å². The van der Waals surface area contributed by atoms with E-state index < -0.39 is 0 Å². The highest BCUT2D eigenvalue weighted by Crippen LogP contribution is 2.14. The van der Waals surface area contributed by atoms with E-state index >= 15 is 0 Å². The highest BCUT2D eigenvalue weighted by Gasteiger charge is 2.19. The number of carbonyl (C=O) groups is 1. The summed E-state index contributed by atoms with van der Waals surface area (Å²) in [5.41, 5.74) is 1.17. The third-order valence-electron chi connectivity index (χ3n) is 3.88. The van der Waals surface area contributed by atoms with E-state index in [-0.39, 0.29) is 5.91 Å². The smallest absolute Gasteiger partial charge is 0.220 e. The molecule has 0 aliphatic carbocycles. The van der Waals surface area contributed by atoms with Crippen molar-refractivity contribution in [2.75, 3.05) is 33.8 Å². The number of likely N-dealkylation sites (tertiary alicyclic amines) is 1. The molecule has 0 bridgehead atoms. The van der Waals surface area contributed by atoms with Crippen molar-refractivity contribution in [2.24, 2.45) is 5.92 Å². The maximum absolute atomic E-state index is 11.8. The average Bonchev–Trinajstić information content (AvgIpc) is 2.89. The Morgan fingerprint density at radius 3 is 2.75 bits per heavy atom. The first-order valence-electron chi connectivity index (χ1n) is 7.25. The van der Waals surface area contributed by atoms with Crippen LogP contribution in [0.2, 0.25) is 0 Å². The number of aryl methyl sites for hydroxylation is 1. The van der Waals surface area contributed by atoms with Crippen LogP contribution in [-0.4, -0.2) is 44.6 Å². The van der Waals surface area contributed by atoms with Gasteiger partial charge in [-0.3, -0.25) is 4.79 Å². The molecule has 1 N–H and O–H groups in total. The number of benzene rings is 1. The van der Waals surface area contributed by atoms with Gasteiger partial charge in [0.2, 0.25) is 5.91 Å². The van der Waals surface area contributed by atoms with Gasteiger partial charge in [0.15, 0.2) is 0 Å². The largest absolute Gasteiger partial charge is 0.497 e. The van der Waals surface area contributed by atoms with Crippen molar-refractivity contribution in [1.82, 2.24) is 10.2 Å². The standard InChI is InChI=1S/C16H24N2O2/c1-18-10-9-14(12-18)11-17-16(19)8-5-13-3-6-15(20-2)7-4-13/h3-4,6-7,14H,5,8-12H2,1-2H3,(H,17,19). The van der Waals surface area contributed by atoms with Crippen LogP contribution in [0.5, 0.6) is 5.75 Å².